The van der Waals surface area contributed by atoms with Gasteiger partial charge in [0.25, 0.3) is 5.56 Å². The van der Waals surface area contributed by atoms with E-state index in [2.05, 4.69) is 26.3 Å². The Morgan fingerprint density at radius 2 is 1.96 bits per heavy atom. The van der Waals surface area contributed by atoms with E-state index < -0.39 is 0 Å². The number of rotatable bonds is 5. The molecule has 0 aliphatic rings. The first-order chi connectivity index (χ1) is 12.6. The van der Waals surface area contributed by atoms with E-state index in [4.69, 9.17) is 4.74 Å². The monoisotopic (exact) mass is 413 g/mol. The van der Waals surface area contributed by atoms with E-state index in [1.54, 1.807) is 24.3 Å². The lowest BCUT2D eigenvalue weighted by Crippen LogP contribution is -2.29. The number of hydrogen-bond acceptors (Lipinski definition) is 4. The third-order valence-electron chi connectivity index (χ3n) is 3.66. The van der Waals surface area contributed by atoms with Gasteiger partial charge in [-0.25, -0.2) is 4.68 Å². The summed E-state index contributed by atoms with van der Waals surface area (Å²) in [6.45, 7) is -0.196. The van der Waals surface area contributed by atoms with Crippen LogP contribution in [0.2, 0.25) is 0 Å². The molecule has 132 valence electrons. The summed E-state index contributed by atoms with van der Waals surface area (Å²) in [6.07, 6.45) is 0. The van der Waals surface area contributed by atoms with Crippen molar-refractivity contribution in [2.45, 2.75) is 6.54 Å². The van der Waals surface area contributed by atoms with E-state index in [1.165, 1.54) is 13.2 Å². The van der Waals surface area contributed by atoms with Crippen molar-refractivity contribution in [3.63, 3.8) is 0 Å². The molecule has 1 heterocycles. The van der Waals surface area contributed by atoms with Crippen LogP contribution < -0.4 is 15.6 Å². The van der Waals surface area contributed by atoms with E-state index in [9.17, 15) is 9.59 Å². The molecule has 0 aliphatic carbocycles. The van der Waals surface area contributed by atoms with Gasteiger partial charge in [0.1, 0.15) is 12.3 Å². The topological polar surface area (TPSA) is 73.2 Å². The van der Waals surface area contributed by atoms with E-state index >= 15 is 0 Å². The SMILES string of the molecule is COc1ccccc1NC(=O)Cn1nc(-c2cccc(Br)c2)ccc1=O. The molecule has 0 aliphatic heterocycles. The number of nitrogens with one attached hydrogen (secondary N) is 1. The molecule has 1 amide bonds. The molecule has 0 fully saturated rings. The van der Waals surface area contributed by atoms with Crippen LogP contribution in [0.5, 0.6) is 5.75 Å². The molecular formula is C19H16BrN3O3. The molecule has 0 saturated heterocycles. The third-order valence-corrected chi connectivity index (χ3v) is 4.15. The van der Waals surface area contributed by atoms with Crippen molar-refractivity contribution in [3.05, 3.63) is 75.5 Å². The summed E-state index contributed by atoms with van der Waals surface area (Å²) < 4.78 is 7.25. The Hall–Kier alpha value is -2.93. The standard InChI is InChI=1S/C19H16BrN3O3/c1-26-17-8-3-2-7-16(17)21-18(24)12-23-19(25)10-9-15(22-23)13-5-4-6-14(20)11-13/h2-11H,12H2,1H3,(H,21,24). The number of aromatic nitrogens is 2. The molecule has 0 bridgehead atoms. The van der Waals surface area contributed by atoms with Crippen molar-refractivity contribution >= 4 is 27.5 Å². The number of anilines is 1. The van der Waals surface area contributed by atoms with Gasteiger partial charge < -0.3 is 10.1 Å². The second kappa shape index (κ2) is 7.97. The van der Waals surface area contributed by atoms with Crippen LogP contribution in [0.25, 0.3) is 11.3 Å². The van der Waals surface area contributed by atoms with Crippen LogP contribution in [0.1, 0.15) is 0 Å². The van der Waals surface area contributed by atoms with Crippen LogP contribution in [0.15, 0.2) is 69.9 Å². The molecule has 0 saturated carbocycles. The maximum atomic E-state index is 12.3. The fourth-order valence-electron chi connectivity index (χ4n) is 2.44. The molecule has 3 rings (SSSR count). The molecule has 1 aromatic heterocycles. The Morgan fingerprint density at radius 3 is 2.73 bits per heavy atom. The number of benzene rings is 2. The molecule has 1 N–H and O–H groups in total. The molecule has 26 heavy (non-hydrogen) atoms. The smallest absolute Gasteiger partial charge is 0.267 e. The van der Waals surface area contributed by atoms with Gasteiger partial charge in [-0.3, -0.25) is 9.59 Å². The Balaban J connectivity index is 1.82. The summed E-state index contributed by atoms with van der Waals surface area (Å²) in [6, 6.07) is 17.7. The lowest BCUT2D eigenvalue weighted by Gasteiger charge is -2.11. The number of ether oxygens (including phenoxy) is 1. The van der Waals surface area contributed by atoms with E-state index in [1.807, 2.05) is 30.3 Å². The van der Waals surface area contributed by atoms with Gasteiger partial charge in [0.2, 0.25) is 5.91 Å². The van der Waals surface area contributed by atoms with Crippen LogP contribution in [-0.2, 0) is 11.3 Å². The zero-order valence-corrected chi connectivity index (χ0v) is 15.6. The average Bonchev–Trinajstić information content (AvgIpc) is 2.64. The number of nitrogens with zero attached hydrogens (tertiary/aromatic N) is 2. The highest BCUT2D eigenvalue weighted by Gasteiger charge is 2.10. The zero-order chi connectivity index (χ0) is 18.5. The summed E-state index contributed by atoms with van der Waals surface area (Å²) >= 11 is 3.41. The maximum absolute atomic E-state index is 12.3. The number of amides is 1. The highest BCUT2D eigenvalue weighted by molar-refractivity contribution is 9.10. The molecule has 0 spiro atoms. The fourth-order valence-corrected chi connectivity index (χ4v) is 2.84. The van der Waals surface area contributed by atoms with Gasteiger partial charge in [-0.15, -0.1) is 0 Å². The number of para-hydroxylation sites is 2. The Morgan fingerprint density at radius 1 is 1.15 bits per heavy atom. The van der Waals surface area contributed by atoms with Gasteiger partial charge in [0.05, 0.1) is 18.5 Å². The van der Waals surface area contributed by atoms with Gasteiger partial charge in [-0.2, -0.15) is 5.10 Å². The molecule has 0 atom stereocenters. The first-order valence-corrected chi connectivity index (χ1v) is 8.63. The van der Waals surface area contributed by atoms with Gasteiger partial charge in [-0.1, -0.05) is 40.2 Å². The molecule has 3 aromatic rings. The molecule has 6 nitrogen and oxygen atoms in total. The van der Waals surface area contributed by atoms with Crippen molar-refractivity contribution in [2.24, 2.45) is 0 Å². The Bertz CT molecular complexity index is 1000. The molecule has 2 aromatic carbocycles. The predicted molar refractivity (Wildman–Crippen MR) is 103 cm³/mol. The van der Waals surface area contributed by atoms with Gasteiger partial charge in [0, 0.05) is 16.1 Å². The summed E-state index contributed by atoms with van der Waals surface area (Å²) in [7, 11) is 1.53. The quantitative estimate of drug-likeness (QED) is 0.695. The predicted octanol–water partition coefficient (Wildman–Crippen LogP) is 3.32. The number of halogens is 1. The third kappa shape index (κ3) is 4.18. The molecular weight excluding hydrogens is 398 g/mol. The summed E-state index contributed by atoms with van der Waals surface area (Å²) in [5.74, 6) is 0.180. The van der Waals surface area contributed by atoms with Crippen molar-refractivity contribution in [2.75, 3.05) is 12.4 Å². The normalized spacial score (nSPS) is 10.4. The van der Waals surface area contributed by atoms with Gasteiger partial charge >= 0.3 is 0 Å². The largest absolute Gasteiger partial charge is 0.495 e. The number of hydrogen-bond donors (Lipinski definition) is 1. The van der Waals surface area contributed by atoms with E-state index in [-0.39, 0.29) is 18.0 Å². The van der Waals surface area contributed by atoms with Crippen molar-refractivity contribution in [1.29, 1.82) is 0 Å². The molecule has 7 heteroatoms. The van der Waals surface area contributed by atoms with Crippen molar-refractivity contribution < 1.29 is 9.53 Å². The minimum absolute atomic E-state index is 0.196. The van der Waals surface area contributed by atoms with E-state index in [0.717, 1.165) is 14.7 Å². The highest BCUT2D eigenvalue weighted by Crippen LogP contribution is 2.23. The van der Waals surface area contributed by atoms with Crippen LogP contribution in [0.4, 0.5) is 5.69 Å². The first-order valence-electron chi connectivity index (χ1n) is 7.84. The lowest BCUT2D eigenvalue weighted by molar-refractivity contribution is -0.117. The minimum Gasteiger partial charge on any atom is -0.495 e. The number of carbonyl (C=O) groups excluding carboxylic acids is 1. The highest BCUT2D eigenvalue weighted by atomic mass is 79.9. The van der Waals surface area contributed by atoms with Gasteiger partial charge in [0.15, 0.2) is 0 Å². The summed E-state index contributed by atoms with van der Waals surface area (Å²) in [4.78, 5) is 24.4. The van der Waals surface area contributed by atoms with Crippen LogP contribution >= 0.6 is 15.9 Å². The van der Waals surface area contributed by atoms with Crippen molar-refractivity contribution in [1.82, 2.24) is 9.78 Å². The molecule has 0 radical (unpaired) electrons. The van der Waals surface area contributed by atoms with E-state index in [0.29, 0.717) is 17.1 Å². The van der Waals surface area contributed by atoms with Crippen molar-refractivity contribution in [3.8, 4) is 17.0 Å². The fraction of sp³-hybridized carbons (Fsp3) is 0.105. The van der Waals surface area contributed by atoms with Crippen LogP contribution in [0.3, 0.4) is 0 Å². The zero-order valence-electron chi connectivity index (χ0n) is 14.0. The van der Waals surface area contributed by atoms with Crippen LogP contribution in [-0.4, -0.2) is 22.8 Å². The first kappa shape index (κ1) is 17.9. The second-order valence-corrected chi connectivity index (χ2v) is 6.39. The summed E-state index contributed by atoms with van der Waals surface area (Å²) in [5.41, 5.74) is 1.64. The van der Waals surface area contributed by atoms with Gasteiger partial charge in [-0.05, 0) is 30.3 Å². The second-order valence-electron chi connectivity index (χ2n) is 5.47. The lowest BCUT2D eigenvalue weighted by atomic mass is 10.1. The maximum Gasteiger partial charge on any atom is 0.267 e. The Kier molecular flexibility index (Phi) is 5.48. The van der Waals surface area contributed by atoms with Crippen LogP contribution in [0, 0.1) is 0 Å². The summed E-state index contributed by atoms with van der Waals surface area (Å²) in [5, 5.41) is 7.03. The number of methoxy groups -OCH3 is 1. The average molecular weight is 414 g/mol. The minimum atomic E-state index is -0.365. The number of carbonyl (C=O) groups is 1. The molecule has 0 unspecified atom stereocenters. The Labute approximate surface area is 158 Å².